The fourth-order valence-electron chi connectivity index (χ4n) is 5.15. The number of allylic oxidation sites excluding steroid dienone is 1. The number of ether oxygens (including phenoxy) is 1. The third-order valence-corrected chi connectivity index (χ3v) is 7.90. The Morgan fingerprint density at radius 3 is 1.83 bits per heavy atom. The Hall–Kier alpha value is -3.58. The summed E-state index contributed by atoms with van der Waals surface area (Å²) in [6.45, 7) is 14.1. The normalized spacial score (nSPS) is 14.9. The maximum Gasteiger partial charge on any atom is 0.193 e. The standard InChI is InChI=1S/C23H30N2O2.C13H16O2/c1-4-23(24(2)3,18-19-8-6-5-7-9-19)22(26)20-10-12-21(13-11-20)25-14-16-27-17-15-25;1-9(2)10-5-7-11(8-6-10)12(14)13(3,4)15/h5-13H,4,14-18H2,1-3H3;5-8,15H,1H2,2-4H3. The molecule has 0 amide bonds. The van der Waals surface area contributed by atoms with Crippen molar-refractivity contribution in [2.24, 2.45) is 0 Å². The first-order valence-electron chi connectivity index (χ1n) is 14.6. The summed E-state index contributed by atoms with van der Waals surface area (Å²) in [6.07, 6.45) is 1.47. The zero-order chi connectivity index (χ0) is 30.9. The number of aliphatic hydroxyl groups is 1. The fourth-order valence-corrected chi connectivity index (χ4v) is 5.15. The highest BCUT2D eigenvalue weighted by Gasteiger charge is 2.39. The van der Waals surface area contributed by atoms with E-state index in [9.17, 15) is 14.7 Å². The zero-order valence-electron chi connectivity index (χ0n) is 26.0. The molecular formula is C36H46N2O4. The number of hydrogen-bond acceptors (Lipinski definition) is 6. The van der Waals surface area contributed by atoms with Crippen molar-refractivity contribution in [3.8, 4) is 0 Å². The summed E-state index contributed by atoms with van der Waals surface area (Å²) >= 11 is 0. The van der Waals surface area contributed by atoms with Gasteiger partial charge in [0, 0.05) is 29.9 Å². The first-order valence-corrected chi connectivity index (χ1v) is 14.6. The first kappa shape index (κ1) is 32.9. The molecule has 0 radical (unpaired) electrons. The largest absolute Gasteiger partial charge is 0.382 e. The van der Waals surface area contributed by atoms with E-state index in [2.05, 4.69) is 47.6 Å². The highest BCUT2D eigenvalue weighted by molar-refractivity contribution is 6.03. The SMILES string of the molecule is C=C(C)c1ccc(C(=O)C(C)(C)O)cc1.CCC(Cc1ccccc1)(C(=O)c1ccc(N2CCOCC2)cc1)N(C)C. The monoisotopic (exact) mass is 570 g/mol. The molecule has 0 spiro atoms. The highest BCUT2D eigenvalue weighted by Crippen LogP contribution is 2.29. The molecule has 1 heterocycles. The number of rotatable bonds is 10. The Labute approximate surface area is 251 Å². The van der Waals surface area contributed by atoms with Crippen molar-refractivity contribution < 1.29 is 19.4 Å². The second kappa shape index (κ2) is 14.5. The van der Waals surface area contributed by atoms with Gasteiger partial charge in [-0.05, 0) is 83.1 Å². The molecule has 42 heavy (non-hydrogen) atoms. The third-order valence-electron chi connectivity index (χ3n) is 7.90. The summed E-state index contributed by atoms with van der Waals surface area (Å²) in [4.78, 5) is 29.6. The molecule has 0 saturated carbocycles. The van der Waals surface area contributed by atoms with Gasteiger partial charge in [-0.2, -0.15) is 0 Å². The second-order valence-corrected chi connectivity index (χ2v) is 11.7. The molecule has 0 bridgehead atoms. The van der Waals surface area contributed by atoms with Crippen LogP contribution >= 0.6 is 0 Å². The number of anilines is 1. The average molecular weight is 571 g/mol. The zero-order valence-corrected chi connectivity index (χ0v) is 26.0. The number of carbonyl (C=O) groups excluding carboxylic acids is 2. The van der Waals surface area contributed by atoms with E-state index >= 15 is 0 Å². The van der Waals surface area contributed by atoms with Gasteiger partial charge in [-0.1, -0.05) is 73.7 Å². The van der Waals surface area contributed by atoms with Gasteiger partial charge in [0.2, 0.25) is 0 Å². The van der Waals surface area contributed by atoms with Crippen LogP contribution in [0, 0.1) is 0 Å². The van der Waals surface area contributed by atoms with Gasteiger partial charge in [0.05, 0.1) is 18.8 Å². The van der Waals surface area contributed by atoms with Crippen molar-refractivity contribution in [3.63, 3.8) is 0 Å². The molecule has 6 nitrogen and oxygen atoms in total. The van der Waals surface area contributed by atoms with E-state index in [0.717, 1.165) is 55.1 Å². The van der Waals surface area contributed by atoms with Crippen molar-refractivity contribution in [2.45, 2.75) is 51.7 Å². The summed E-state index contributed by atoms with van der Waals surface area (Å²) < 4.78 is 5.42. The maximum atomic E-state index is 13.6. The summed E-state index contributed by atoms with van der Waals surface area (Å²) in [5.41, 5.74) is 3.74. The van der Waals surface area contributed by atoms with Crippen molar-refractivity contribution in [1.29, 1.82) is 0 Å². The lowest BCUT2D eigenvalue weighted by molar-refractivity contribution is 0.0488. The molecule has 0 aliphatic carbocycles. The smallest absolute Gasteiger partial charge is 0.193 e. The summed E-state index contributed by atoms with van der Waals surface area (Å²) in [7, 11) is 4.01. The van der Waals surface area contributed by atoms with E-state index in [1.807, 2.05) is 63.5 Å². The van der Waals surface area contributed by atoms with Crippen LogP contribution in [0.25, 0.3) is 5.57 Å². The van der Waals surface area contributed by atoms with Crippen LogP contribution < -0.4 is 4.90 Å². The minimum Gasteiger partial charge on any atom is -0.382 e. The Morgan fingerprint density at radius 1 is 0.857 bits per heavy atom. The highest BCUT2D eigenvalue weighted by atomic mass is 16.5. The Morgan fingerprint density at radius 2 is 1.36 bits per heavy atom. The Bertz CT molecular complexity index is 1320. The minimum absolute atomic E-state index is 0.187. The van der Waals surface area contributed by atoms with Crippen LogP contribution in [0.4, 0.5) is 5.69 Å². The number of hydrogen-bond donors (Lipinski definition) is 1. The molecule has 1 fully saturated rings. The van der Waals surface area contributed by atoms with Gasteiger partial charge in [0.15, 0.2) is 11.6 Å². The van der Waals surface area contributed by atoms with Crippen LogP contribution in [0.15, 0.2) is 85.4 Å². The van der Waals surface area contributed by atoms with Crippen LogP contribution in [0.2, 0.25) is 0 Å². The van der Waals surface area contributed by atoms with Gasteiger partial charge in [-0.3, -0.25) is 14.5 Å². The molecule has 1 saturated heterocycles. The van der Waals surface area contributed by atoms with Crippen LogP contribution in [-0.4, -0.2) is 73.1 Å². The molecule has 4 rings (SSSR count). The molecule has 6 heteroatoms. The third kappa shape index (κ3) is 8.25. The number of likely N-dealkylation sites (N-methyl/N-ethyl adjacent to an activating group) is 1. The first-order chi connectivity index (χ1) is 19.9. The lowest BCUT2D eigenvalue weighted by atomic mass is 9.80. The molecule has 1 aliphatic heterocycles. The average Bonchev–Trinajstić information content (AvgIpc) is 3.00. The molecule has 3 aromatic rings. The predicted molar refractivity (Wildman–Crippen MR) is 172 cm³/mol. The molecule has 0 aromatic heterocycles. The van der Waals surface area contributed by atoms with Crippen molar-refractivity contribution in [3.05, 3.63) is 108 Å². The van der Waals surface area contributed by atoms with E-state index in [0.29, 0.717) is 12.0 Å². The summed E-state index contributed by atoms with van der Waals surface area (Å²) in [6, 6.07) is 25.5. The summed E-state index contributed by atoms with van der Waals surface area (Å²) in [5.74, 6) is -0.0804. The van der Waals surface area contributed by atoms with E-state index in [1.165, 1.54) is 19.4 Å². The molecule has 1 unspecified atom stereocenters. The molecule has 3 aromatic carbocycles. The van der Waals surface area contributed by atoms with Gasteiger partial charge >= 0.3 is 0 Å². The van der Waals surface area contributed by atoms with E-state index in [4.69, 9.17) is 4.74 Å². The molecule has 1 atom stereocenters. The van der Waals surface area contributed by atoms with Crippen molar-refractivity contribution in [1.82, 2.24) is 4.90 Å². The summed E-state index contributed by atoms with van der Waals surface area (Å²) in [5, 5.41) is 9.55. The fraction of sp³-hybridized carbons (Fsp3) is 0.389. The second-order valence-electron chi connectivity index (χ2n) is 11.7. The molecule has 1 aliphatic rings. The lowest BCUT2D eigenvalue weighted by Crippen LogP contribution is -2.52. The molecular weight excluding hydrogens is 524 g/mol. The van der Waals surface area contributed by atoms with Gasteiger partial charge in [0.25, 0.3) is 0 Å². The van der Waals surface area contributed by atoms with E-state index < -0.39 is 11.1 Å². The lowest BCUT2D eigenvalue weighted by Gasteiger charge is -2.38. The maximum absolute atomic E-state index is 13.6. The molecule has 224 valence electrons. The van der Waals surface area contributed by atoms with Crippen molar-refractivity contribution >= 4 is 22.8 Å². The van der Waals surface area contributed by atoms with E-state index in [-0.39, 0.29) is 11.6 Å². The number of ketones is 2. The molecule has 1 N–H and O–H groups in total. The van der Waals surface area contributed by atoms with Crippen LogP contribution in [0.3, 0.4) is 0 Å². The number of morpholine rings is 1. The number of Topliss-reactive ketones (excluding diaryl/α,β-unsaturated/α-hetero) is 2. The van der Waals surface area contributed by atoms with E-state index in [1.54, 1.807) is 12.1 Å². The quantitative estimate of drug-likeness (QED) is 0.287. The van der Waals surface area contributed by atoms with Crippen molar-refractivity contribution in [2.75, 3.05) is 45.3 Å². The minimum atomic E-state index is -1.31. The van der Waals surface area contributed by atoms with Gasteiger partial charge < -0.3 is 14.7 Å². The number of carbonyl (C=O) groups is 2. The predicted octanol–water partition coefficient (Wildman–Crippen LogP) is 6.33. The van der Waals surface area contributed by atoms with Crippen LogP contribution in [0.5, 0.6) is 0 Å². The Kier molecular flexibility index (Phi) is 11.4. The van der Waals surface area contributed by atoms with Crippen LogP contribution in [0.1, 0.15) is 66.0 Å². The van der Waals surface area contributed by atoms with Crippen LogP contribution in [-0.2, 0) is 11.2 Å². The number of benzene rings is 3. The number of nitrogens with zero attached hydrogens (tertiary/aromatic N) is 2. The van der Waals surface area contributed by atoms with Gasteiger partial charge in [0.1, 0.15) is 5.60 Å². The Balaban J connectivity index is 0.000000274. The van der Waals surface area contributed by atoms with Gasteiger partial charge in [-0.25, -0.2) is 0 Å². The topological polar surface area (TPSA) is 70.1 Å². The van der Waals surface area contributed by atoms with Gasteiger partial charge in [-0.15, -0.1) is 0 Å².